The van der Waals surface area contributed by atoms with E-state index < -0.39 is 0 Å². The van der Waals surface area contributed by atoms with E-state index in [4.69, 9.17) is 24.9 Å². The van der Waals surface area contributed by atoms with Crippen LogP contribution in [0.2, 0.25) is 0 Å². The second-order valence-electron chi connectivity index (χ2n) is 41.6. The van der Waals surface area contributed by atoms with Crippen molar-refractivity contribution >= 4 is 84.7 Å². The number of benzene rings is 3. The number of carbonyl (C=O) groups excluding carboxylic acids is 5. The Bertz CT molecular complexity index is 7490. The van der Waals surface area contributed by atoms with Crippen LogP contribution < -0.4 is 0 Å². The van der Waals surface area contributed by atoms with Gasteiger partial charge in [-0.2, -0.15) is 30.8 Å². The maximum absolute atomic E-state index is 13.2. The molecule has 25 rings (SSSR count). The van der Waals surface area contributed by atoms with E-state index in [9.17, 15) is 33.6 Å². The van der Waals surface area contributed by atoms with Crippen LogP contribution in [0.1, 0.15) is 168 Å². The largest absolute Gasteiger partial charge is 0.346 e. The van der Waals surface area contributed by atoms with Crippen molar-refractivity contribution in [2.24, 2.45) is 41.4 Å². The predicted molar refractivity (Wildman–Crippen MR) is 568 cm³/mol. The van der Waals surface area contributed by atoms with Crippen molar-refractivity contribution in [2.75, 3.05) is 32.7 Å². The van der Waals surface area contributed by atoms with Gasteiger partial charge in [0.05, 0.1) is 132 Å². The van der Waals surface area contributed by atoms with Gasteiger partial charge in [0.2, 0.25) is 11.8 Å². The van der Waals surface area contributed by atoms with Crippen molar-refractivity contribution in [2.45, 2.75) is 194 Å². The number of nitrogens with zero attached hydrogens (tertiary/aromatic N) is 21. The molecule has 5 saturated heterocycles. The molecule has 0 radical (unpaired) electrons. The number of pyridine rings is 5. The van der Waals surface area contributed by atoms with Crippen molar-refractivity contribution < 1.29 is 28.4 Å². The topological polar surface area (TPSA) is 358 Å². The van der Waals surface area contributed by atoms with Crippen LogP contribution in [0.3, 0.4) is 0 Å². The van der Waals surface area contributed by atoms with Gasteiger partial charge in [0.15, 0.2) is 0 Å². The first-order valence-electron chi connectivity index (χ1n) is 52.4. The molecule has 756 valence electrons. The lowest BCUT2D eigenvalue weighted by atomic mass is 9.88. The Hall–Kier alpha value is -16.1. The highest BCUT2D eigenvalue weighted by molar-refractivity contribution is 5.98. The minimum absolute atomic E-state index is 0.0335. The molecule has 31 nitrogen and oxygen atoms in total. The minimum Gasteiger partial charge on any atom is -0.346 e. The van der Waals surface area contributed by atoms with Gasteiger partial charge in [-0.05, 0) is 262 Å². The number of aromatic nitrogens is 20. The number of hydrogen-bond donors (Lipinski definition) is 5. The van der Waals surface area contributed by atoms with E-state index in [1.165, 1.54) is 50.7 Å². The van der Waals surface area contributed by atoms with Crippen LogP contribution in [0.25, 0.3) is 111 Å². The Balaban J connectivity index is 0.000000108. The Kier molecular flexibility index (Phi) is 29.2. The van der Waals surface area contributed by atoms with Crippen molar-refractivity contribution in [1.82, 2.24) is 123 Å². The van der Waals surface area contributed by atoms with Crippen LogP contribution in [-0.4, -0.2) is 216 Å². The highest BCUT2D eigenvalue weighted by atomic mass is 19.1. The number of rotatable bonds is 20. The molecule has 18 aromatic rings. The number of carbonyl (C=O) groups is 5. The number of likely N-dealkylation sites (tertiary alicyclic amines) is 5. The highest BCUT2D eigenvalue weighted by Gasteiger charge is 2.41. The molecule has 0 unspecified atom stereocenters. The zero-order chi connectivity index (χ0) is 101. The van der Waals surface area contributed by atoms with E-state index in [1.807, 2.05) is 112 Å². The summed E-state index contributed by atoms with van der Waals surface area (Å²) in [6.45, 7) is 19.1. The molecule has 0 spiro atoms. The fourth-order valence-corrected chi connectivity index (χ4v) is 23.7. The first-order valence-corrected chi connectivity index (χ1v) is 52.4. The third-order valence-corrected chi connectivity index (χ3v) is 31.3. The number of fused-ring (bicyclic) bond motifs is 5. The maximum atomic E-state index is 13.2. The molecule has 10 atom stereocenters. The predicted octanol–water partition coefficient (Wildman–Crippen LogP) is 20.4. The second-order valence-corrected chi connectivity index (χ2v) is 41.6. The number of amides is 5. The van der Waals surface area contributed by atoms with Gasteiger partial charge in [-0.25, -0.2) is 29.3 Å². The van der Waals surface area contributed by atoms with Crippen LogP contribution in [0.5, 0.6) is 0 Å². The summed E-state index contributed by atoms with van der Waals surface area (Å²) in [5.74, 6) is 3.19. The standard InChI is InChI=1S/C24H22N6O.C23H22FN5O.2C23H29N5O.C23H23N5O/c1-16-10-17(15-30(16)24(31)20-5-3-2-4-18(20)11-25)14-29-9-8-22-23(29)7-6-21(28-22)19-12-26-27-13-19;1-15-10-16(14-29(15)23(30)17-2-4-19(24)5-3-17)13-28-9-8-21-22(28)7-6-20(27-21)18-11-25-26-12-18;3*1-16-11-17(15-28(16)23(29)18-5-3-2-4-6-18)14-27-10-9-21-22(27)8-7-20(26-21)19-12-24-25-13-19/h2-9,12-13,16-17H,10,14-15H2,1H3,(H,26,27);2-9,11-12,15-16H,10,13-14H2,1H3,(H,25,26);2*7-10,12-13,16-18H,2-6,11,14-15H2,1H3,(H,24,25);2-10,12-13,16-17H,11,14-15H2,1H3,(H,24,25)/t16-,17+;15-,16+;16-,17+;16-,17-;16-,17+/m00010/s1. The molecule has 3 aromatic carbocycles. The molecular formula is C116H125FN26O5. The number of halogens is 1. The molecule has 2 saturated carbocycles. The van der Waals surface area contributed by atoms with Crippen molar-refractivity contribution in [3.05, 3.63) is 291 Å². The van der Waals surface area contributed by atoms with Crippen LogP contribution in [-0.2, 0) is 42.3 Å². The Morgan fingerprint density at radius 2 is 0.588 bits per heavy atom. The Labute approximate surface area is 857 Å². The summed E-state index contributed by atoms with van der Waals surface area (Å²) in [7, 11) is 0. The maximum Gasteiger partial charge on any atom is 0.255 e. The van der Waals surface area contributed by atoms with Gasteiger partial charge in [-0.3, -0.25) is 49.5 Å². The SMILES string of the molecule is C[C@@H]1C[C@H](Cn2ccc3nc(-c4cn[nH]c4)ccc32)CN1C(=O)C1CCCCC1.C[C@H]1C[C@H](Cn2ccc3nc(-c4cn[nH]c4)ccc32)CN1C(=O)C1CCCCC1.C[C@H]1C[C@H](Cn2ccc3nc(-c4cn[nH]c4)ccc32)CN1C(=O)c1ccc(F)cc1.C[C@H]1C[C@H](Cn2ccc3nc(-c4cn[nH]c4)ccc32)CN1C(=O)c1ccccc1.C[C@H]1C[C@H](Cn2ccc3nc(-c4cn[nH]c4)ccc32)CN1C(=O)c1ccccc1C#N. The lowest BCUT2D eigenvalue weighted by Crippen LogP contribution is -2.39. The third kappa shape index (κ3) is 21.6. The van der Waals surface area contributed by atoms with Gasteiger partial charge in [0.25, 0.3) is 17.7 Å². The van der Waals surface area contributed by atoms with Crippen LogP contribution in [0, 0.1) is 58.6 Å². The number of H-pyrrole nitrogens is 5. The van der Waals surface area contributed by atoms with Crippen molar-refractivity contribution in [1.29, 1.82) is 5.26 Å². The summed E-state index contributed by atoms with van der Waals surface area (Å²) < 4.78 is 24.5. The van der Waals surface area contributed by atoms with E-state index >= 15 is 0 Å². The van der Waals surface area contributed by atoms with Gasteiger partial charge >= 0.3 is 0 Å². The molecule has 7 aliphatic rings. The monoisotopic (exact) mass is 1980 g/mol. The van der Waals surface area contributed by atoms with E-state index in [0.717, 1.165) is 227 Å². The molecule has 5 amide bonds. The van der Waals surface area contributed by atoms with Crippen LogP contribution >= 0.6 is 0 Å². The van der Waals surface area contributed by atoms with Gasteiger partial charge in [-0.15, -0.1) is 0 Å². The summed E-state index contributed by atoms with van der Waals surface area (Å²) in [5, 5.41) is 43.5. The summed E-state index contributed by atoms with van der Waals surface area (Å²) in [4.78, 5) is 98.9. The lowest BCUT2D eigenvalue weighted by molar-refractivity contribution is -0.138. The number of nitriles is 1. The molecule has 5 aliphatic heterocycles. The summed E-state index contributed by atoms with van der Waals surface area (Å²) in [5.41, 5.74) is 22.2. The average Bonchev–Trinajstić information content (AvgIpc) is 1.64. The van der Waals surface area contributed by atoms with E-state index in [-0.39, 0.29) is 53.5 Å². The van der Waals surface area contributed by atoms with Gasteiger partial charge in [0, 0.05) is 208 Å². The molecule has 2 aliphatic carbocycles. The van der Waals surface area contributed by atoms with E-state index in [1.54, 1.807) is 61.3 Å². The molecule has 5 N–H and O–H groups in total. The van der Waals surface area contributed by atoms with E-state index in [2.05, 4.69) is 216 Å². The molecule has 148 heavy (non-hydrogen) atoms. The first kappa shape index (κ1) is 98.0. The quantitative estimate of drug-likeness (QED) is 0.0473. The highest BCUT2D eigenvalue weighted by Crippen LogP contribution is 2.39. The van der Waals surface area contributed by atoms with Crippen molar-refractivity contribution in [3.63, 3.8) is 0 Å². The normalized spacial score (nSPS) is 20.5. The molecular weight excluding hydrogens is 1860 g/mol. The Morgan fingerprint density at radius 1 is 0.318 bits per heavy atom. The van der Waals surface area contributed by atoms with Crippen molar-refractivity contribution in [3.8, 4) is 62.4 Å². The zero-order valence-electron chi connectivity index (χ0n) is 84.2. The van der Waals surface area contributed by atoms with E-state index in [0.29, 0.717) is 83.3 Å². The van der Waals surface area contributed by atoms with Gasteiger partial charge in [-0.1, -0.05) is 68.9 Å². The smallest absolute Gasteiger partial charge is 0.255 e. The molecule has 0 bridgehead atoms. The third-order valence-electron chi connectivity index (χ3n) is 31.3. The second kappa shape index (κ2) is 44.1. The summed E-state index contributed by atoms with van der Waals surface area (Å²) in [6, 6.07) is 56.8. The molecule has 7 fully saturated rings. The van der Waals surface area contributed by atoms with Crippen LogP contribution in [0.15, 0.2) is 263 Å². The van der Waals surface area contributed by atoms with Gasteiger partial charge in [0.1, 0.15) is 5.82 Å². The Morgan fingerprint density at radius 3 is 0.878 bits per heavy atom. The molecule has 15 aromatic heterocycles. The zero-order valence-corrected chi connectivity index (χ0v) is 84.2. The first-order chi connectivity index (χ1) is 72.3. The summed E-state index contributed by atoms with van der Waals surface area (Å²) in [6.07, 6.45) is 45.4. The number of aromatic amines is 5. The molecule has 32 heteroatoms. The molecule has 20 heterocycles. The average molecular weight is 1980 g/mol. The minimum atomic E-state index is -0.331. The van der Waals surface area contributed by atoms with Crippen LogP contribution in [0.4, 0.5) is 4.39 Å². The number of hydrogen-bond acceptors (Lipinski definition) is 16. The fourth-order valence-electron chi connectivity index (χ4n) is 23.7. The number of nitrogens with one attached hydrogen (secondary N) is 5. The summed E-state index contributed by atoms with van der Waals surface area (Å²) >= 11 is 0. The lowest BCUT2D eigenvalue weighted by Gasteiger charge is -2.29. The van der Waals surface area contributed by atoms with Gasteiger partial charge < -0.3 is 47.3 Å². The fraction of sp³-hybridized carbons (Fsp3) is 0.362.